The topological polar surface area (TPSA) is 58.6 Å². The van der Waals surface area contributed by atoms with Gasteiger partial charge in [0.25, 0.3) is 0 Å². The zero-order valence-electron chi connectivity index (χ0n) is 13.5. The second kappa shape index (κ2) is 8.06. The summed E-state index contributed by atoms with van der Waals surface area (Å²) in [5.74, 6) is -0.997. The van der Waals surface area contributed by atoms with Crippen LogP contribution in [0.1, 0.15) is 25.3 Å². The quantitative estimate of drug-likeness (QED) is 0.839. The highest BCUT2D eigenvalue weighted by Crippen LogP contribution is 2.19. The number of carbonyl (C=O) groups excluding carboxylic acids is 2. The van der Waals surface area contributed by atoms with Crippen molar-refractivity contribution in [1.29, 1.82) is 0 Å². The Labute approximate surface area is 135 Å². The van der Waals surface area contributed by atoms with E-state index in [1.807, 2.05) is 6.07 Å². The lowest BCUT2D eigenvalue weighted by atomic mass is 9.96. The standard InChI is InChI=1S/C17H23FN2O3/c1-12(17(22)23-2)19-16(21)14-6-4-8-20(11-14)10-13-5-3-7-15(18)9-13/h3,5,7,9,12,14H,4,6,8,10-11H2,1-2H3,(H,19,21)/t12-,14?/m0/s1. The Balaban J connectivity index is 1.90. The van der Waals surface area contributed by atoms with Gasteiger partial charge in [-0.05, 0) is 44.0 Å². The maximum atomic E-state index is 13.3. The minimum atomic E-state index is -0.647. The summed E-state index contributed by atoms with van der Waals surface area (Å²) in [5.41, 5.74) is 0.897. The fraction of sp³-hybridized carbons (Fsp3) is 0.529. The second-order valence-electron chi connectivity index (χ2n) is 5.96. The molecule has 0 aromatic heterocycles. The zero-order chi connectivity index (χ0) is 16.8. The first-order valence-electron chi connectivity index (χ1n) is 7.84. The van der Waals surface area contributed by atoms with E-state index in [-0.39, 0.29) is 17.6 Å². The fourth-order valence-electron chi connectivity index (χ4n) is 2.87. The molecule has 1 saturated heterocycles. The lowest BCUT2D eigenvalue weighted by molar-refractivity contribution is -0.145. The first kappa shape index (κ1) is 17.4. The Kier molecular flexibility index (Phi) is 6.10. The van der Waals surface area contributed by atoms with Gasteiger partial charge < -0.3 is 10.1 Å². The number of halogens is 1. The van der Waals surface area contributed by atoms with Gasteiger partial charge in [0.2, 0.25) is 5.91 Å². The summed E-state index contributed by atoms with van der Waals surface area (Å²) in [7, 11) is 1.30. The molecule has 0 spiro atoms. The molecule has 0 radical (unpaired) electrons. The largest absolute Gasteiger partial charge is 0.467 e. The smallest absolute Gasteiger partial charge is 0.328 e. The Hall–Kier alpha value is -1.95. The molecule has 1 fully saturated rings. The van der Waals surface area contributed by atoms with Crippen molar-refractivity contribution in [1.82, 2.24) is 10.2 Å². The molecule has 1 aliphatic rings. The molecule has 23 heavy (non-hydrogen) atoms. The van der Waals surface area contributed by atoms with Crippen LogP contribution in [-0.2, 0) is 20.9 Å². The molecule has 5 nitrogen and oxygen atoms in total. The minimum absolute atomic E-state index is 0.133. The molecule has 2 atom stereocenters. The highest BCUT2D eigenvalue weighted by Gasteiger charge is 2.28. The molecule has 126 valence electrons. The molecule has 2 rings (SSSR count). The van der Waals surface area contributed by atoms with E-state index < -0.39 is 12.0 Å². The van der Waals surface area contributed by atoms with Gasteiger partial charge in [-0.2, -0.15) is 0 Å². The van der Waals surface area contributed by atoms with Crippen LogP contribution >= 0.6 is 0 Å². The molecule has 0 saturated carbocycles. The average molecular weight is 322 g/mol. The molecular formula is C17H23FN2O3. The number of hydrogen-bond acceptors (Lipinski definition) is 4. The van der Waals surface area contributed by atoms with Crippen LogP contribution in [-0.4, -0.2) is 43.0 Å². The van der Waals surface area contributed by atoms with Crippen LogP contribution in [0, 0.1) is 11.7 Å². The molecule has 1 aromatic rings. The second-order valence-corrected chi connectivity index (χ2v) is 5.96. The molecule has 1 aromatic carbocycles. The van der Waals surface area contributed by atoms with E-state index in [1.165, 1.54) is 19.2 Å². The molecule has 6 heteroatoms. The van der Waals surface area contributed by atoms with Crippen molar-refractivity contribution in [3.05, 3.63) is 35.6 Å². The lowest BCUT2D eigenvalue weighted by Crippen LogP contribution is -2.47. The van der Waals surface area contributed by atoms with Crippen LogP contribution in [0.4, 0.5) is 4.39 Å². The van der Waals surface area contributed by atoms with Crippen molar-refractivity contribution in [2.45, 2.75) is 32.4 Å². The van der Waals surface area contributed by atoms with Gasteiger partial charge in [0.05, 0.1) is 13.0 Å². The fourth-order valence-corrected chi connectivity index (χ4v) is 2.87. The number of esters is 1. The normalized spacial score (nSPS) is 19.9. The van der Waals surface area contributed by atoms with Crippen molar-refractivity contribution >= 4 is 11.9 Å². The van der Waals surface area contributed by atoms with Crippen LogP contribution in [0.2, 0.25) is 0 Å². The van der Waals surface area contributed by atoms with Crippen molar-refractivity contribution in [3.63, 3.8) is 0 Å². The molecular weight excluding hydrogens is 299 g/mol. The molecule has 0 aliphatic carbocycles. The number of carbonyl (C=O) groups is 2. The Bertz CT molecular complexity index is 565. The van der Waals surface area contributed by atoms with Gasteiger partial charge in [0.15, 0.2) is 0 Å². The third kappa shape index (κ3) is 5.03. The van der Waals surface area contributed by atoms with Crippen molar-refractivity contribution in [3.8, 4) is 0 Å². The summed E-state index contributed by atoms with van der Waals surface area (Å²) in [6.07, 6.45) is 1.69. The Morgan fingerprint density at radius 1 is 1.48 bits per heavy atom. The monoisotopic (exact) mass is 322 g/mol. The van der Waals surface area contributed by atoms with Gasteiger partial charge in [-0.1, -0.05) is 12.1 Å². The van der Waals surface area contributed by atoms with Gasteiger partial charge >= 0.3 is 5.97 Å². The SMILES string of the molecule is COC(=O)[C@H](C)NC(=O)C1CCCN(Cc2cccc(F)c2)C1. The van der Waals surface area contributed by atoms with Crippen LogP contribution in [0.3, 0.4) is 0 Å². The molecule has 1 aliphatic heterocycles. The number of nitrogens with zero attached hydrogens (tertiary/aromatic N) is 1. The number of likely N-dealkylation sites (tertiary alicyclic amines) is 1. The van der Waals surface area contributed by atoms with Crippen LogP contribution in [0.25, 0.3) is 0 Å². The van der Waals surface area contributed by atoms with E-state index in [4.69, 9.17) is 0 Å². The van der Waals surface area contributed by atoms with E-state index in [0.29, 0.717) is 13.1 Å². The first-order chi connectivity index (χ1) is 11.0. The maximum Gasteiger partial charge on any atom is 0.328 e. The molecule has 1 heterocycles. The van der Waals surface area contributed by atoms with E-state index in [1.54, 1.807) is 13.0 Å². The number of rotatable bonds is 5. The molecule has 1 amide bonds. The zero-order valence-corrected chi connectivity index (χ0v) is 13.5. The maximum absolute atomic E-state index is 13.3. The van der Waals surface area contributed by atoms with Gasteiger partial charge in [0.1, 0.15) is 11.9 Å². The minimum Gasteiger partial charge on any atom is -0.467 e. The highest BCUT2D eigenvalue weighted by molar-refractivity contribution is 5.85. The van der Waals surface area contributed by atoms with Crippen LogP contribution < -0.4 is 5.32 Å². The summed E-state index contributed by atoms with van der Waals surface area (Å²) in [4.78, 5) is 25.8. The lowest BCUT2D eigenvalue weighted by Gasteiger charge is -2.32. The first-order valence-corrected chi connectivity index (χ1v) is 7.84. The number of hydrogen-bond donors (Lipinski definition) is 1. The van der Waals surface area contributed by atoms with E-state index in [0.717, 1.165) is 24.9 Å². The van der Waals surface area contributed by atoms with Crippen LogP contribution in [0.5, 0.6) is 0 Å². The summed E-state index contributed by atoms with van der Waals surface area (Å²) in [6.45, 7) is 3.72. The predicted octanol–water partition coefficient (Wildman–Crippen LogP) is 1.72. The van der Waals surface area contributed by atoms with Crippen molar-refractivity contribution in [2.24, 2.45) is 5.92 Å². The van der Waals surface area contributed by atoms with E-state index >= 15 is 0 Å². The van der Waals surface area contributed by atoms with Crippen LogP contribution in [0.15, 0.2) is 24.3 Å². The van der Waals surface area contributed by atoms with E-state index in [9.17, 15) is 14.0 Å². The Morgan fingerprint density at radius 3 is 2.96 bits per heavy atom. The molecule has 1 N–H and O–H groups in total. The number of piperidine rings is 1. The number of amides is 1. The summed E-state index contributed by atoms with van der Waals surface area (Å²) in [5, 5.41) is 2.69. The van der Waals surface area contributed by atoms with Crippen molar-refractivity contribution in [2.75, 3.05) is 20.2 Å². The highest BCUT2D eigenvalue weighted by atomic mass is 19.1. The third-order valence-corrected chi connectivity index (χ3v) is 4.09. The average Bonchev–Trinajstić information content (AvgIpc) is 2.54. The number of ether oxygens (including phenoxy) is 1. The number of nitrogens with one attached hydrogen (secondary N) is 1. The number of benzene rings is 1. The van der Waals surface area contributed by atoms with Gasteiger partial charge in [-0.3, -0.25) is 9.69 Å². The van der Waals surface area contributed by atoms with Crippen molar-refractivity contribution < 1.29 is 18.7 Å². The molecule has 1 unspecified atom stereocenters. The van der Waals surface area contributed by atoms with E-state index in [2.05, 4.69) is 15.0 Å². The summed E-state index contributed by atoms with van der Waals surface area (Å²) < 4.78 is 17.9. The Morgan fingerprint density at radius 2 is 2.26 bits per heavy atom. The predicted molar refractivity (Wildman–Crippen MR) is 84.0 cm³/mol. The van der Waals surface area contributed by atoms with Gasteiger partial charge in [-0.15, -0.1) is 0 Å². The van der Waals surface area contributed by atoms with Gasteiger partial charge in [0, 0.05) is 13.1 Å². The number of methoxy groups -OCH3 is 1. The summed E-state index contributed by atoms with van der Waals surface area (Å²) in [6, 6.07) is 5.86. The third-order valence-electron chi connectivity index (χ3n) is 4.09. The van der Waals surface area contributed by atoms with Gasteiger partial charge in [-0.25, -0.2) is 9.18 Å². The summed E-state index contributed by atoms with van der Waals surface area (Å²) >= 11 is 0. The molecule has 0 bridgehead atoms.